The van der Waals surface area contributed by atoms with E-state index in [1.165, 1.54) is 0 Å². The second-order valence-electron chi connectivity index (χ2n) is 3.30. The lowest BCUT2D eigenvalue weighted by molar-refractivity contribution is 0.250. The van der Waals surface area contributed by atoms with E-state index < -0.39 is 0 Å². The highest BCUT2D eigenvalue weighted by molar-refractivity contribution is 5.87. The first-order chi connectivity index (χ1) is 6.68. The lowest BCUT2D eigenvalue weighted by atomic mass is 10.2. The molecule has 1 aromatic heterocycles. The largest absolute Gasteiger partial charge is 0.338 e. The average Bonchev–Trinajstić information content (AvgIpc) is 2.16. The number of aromatic nitrogens is 2. The Balaban J connectivity index is 2.35. The molecule has 0 atom stereocenters. The minimum absolute atomic E-state index is 0.273. The minimum Gasteiger partial charge on any atom is -0.338 e. The zero-order valence-corrected chi connectivity index (χ0v) is 8.32. The highest BCUT2D eigenvalue weighted by Crippen LogP contribution is 1.93. The summed E-state index contributed by atoms with van der Waals surface area (Å²) in [5.41, 5.74) is 0. The van der Waals surface area contributed by atoms with Gasteiger partial charge in [-0.3, -0.25) is 5.32 Å². The van der Waals surface area contributed by atoms with E-state index in [1.807, 2.05) is 13.8 Å². The van der Waals surface area contributed by atoms with E-state index in [1.54, 1.807) is 18.5 Å². The molecule has 0 fully saturated rings. The molecule has 5 nitrogen and oxygen atoms in total. The van der Waals surface area contributed by atoms with Gasteiger partial charge in [0.1, 0.15) is 0 Å². The molecule has 0 aliphatic heterocycles. The van der Waals surface area contributed by atoms with Crippen LogP contribution in [0.25, 0.3) is 0 Å². The summed E-state index contributed by atoms with van der Waals surface area (Å²) >= 11 is 0. The Bertz CT molecular complexity index is 286. The summed E-state index contributed by atoms with van der Waals surface area (Å²) in [4.78, 5) is 18.9. The maximum absolute atomic E-state index is 11.2. The average molecular weight is 194 g/mol. The Labute approximate surface area is 83.0 Å². The van der Waals surface area contributed by atoms with Crippen molar-refractivity contribution in [1.29, 1.82) is 0 Å². The fourth-order valence-electron chi connectivity index (χ4n) is 0.806. The molecule has 0 saturated heterocycles. The fraction of sp³-hybridized carbons (Fsp3) is 0.444. The smallest absolute Gasteiger partial charge is 0.321 e. The lowest BCUT2D eigenvalue weighted by Crippen LogP contribution is -2.32. The van der Waals surface area contributed by atoms with Crippen molar-refractivity contribution in [2.24, 2.45) is 5.92 Å². The molecule has 0 aliphatic rings. The molecule has 2 amide bonds. The van der Waals surface area contributed by atoms with E-state index in [0.717, 1.165) is 0 Å². The second kappa shape index (κ2) is 5.16. The zero-order chi connectivity index (χ0) is 10.4. The van der Waals surface area contributed by atoms with Gasteiger partial charge in [-0.15, -0.1) is 0 Å². The number of nitrogens with one attached hydrogen (secondary N) is 2. The first-order valence-electron chi connectivity index (χ1n) is 4.50. The molecule has 1 rings (SSSR count). The van der Waals surface area contributed by atoms with Crippen LogP contribution in [0.1, 0.15) is 13.8 Å². The van der Waals surface area contributed by atoms with E-state index in [2.05, 4.69) is 20.6 Å². The molecular weight excluding hydrogens is 180 g/mol. The van der Waals surface area contributed by atoms with Gasteiger partial charge in [0.25, 0.3) is 0 Å². The molecule has 76 valence electrons. The number of hydrogen-bond acceptors (Lipinski definition) is 3. The maximum atomic E-state index is 11.2. The van der Waals surface area contributed by atoms with Crippen LogP contribution in [-0.4, -0.2) is 22.5 Å². The summed E-state index contributed by atoms with van der Waals surface area (Å²) < 4.78 is 0. The van der Waals surface area contributed by atoms with Gasteiger partial charge in [0.15, 0.2) is 0 Å². The third kappa shape index (κ3) is 3.84. The molecule has 0 spiro atoms. The van der Waals surface area contributed by atoms with Crippen molar-refractivity contribution in [1.82, 2.24) is 15.3 Å². The Kier molecular flexibility index (Phi) is 3.84. The standard InChI is InChI=1S/C9H14N4O/c1-7(2)6-12-9(14)13-8-10-4-3-5-11-8/h3-5,7H,6H2,1-2H3,(H2,10,11,12,13,14). The van der Waals surface area contributed by atoms with Crippen molar-refractivity contribution < 1.29 is 4.79 Å². The highest BCUT2D eigenvalue weighted by atomic mass is 16.2. The summed E-state index contributed by atoms with van der Waals surface area (Å²) in [5.74, 6) is 0.742. The van der Waals surface area contributed by atoms with Crippen LogP contribution in [0.5, 0.6) is 0 Å². The molecule has 0 saturated carbocycles. The second-order valence-corrected chi connectivity index (χ2v) is 3.30. The number of amides is 2. The van der Waals surface area contributed by atoms with Crippen molar-refractivity contribution in [3.63, 3.8) is 0 Å². The van der Waals surface area contributed by atoms with Crippen LogP contribution in [0.3, 0.4) is 0 Å². The molecule has 5 heteroatoms. The summed E-state index contributed by atoms with van der Waals surface area (Å²) in [6.07, 6.45) is 3.15. The first kappa shape index (κ1) is 10.4. The molecule has 1 aromatic rings. The fourth-order valence-corrected chi connectivity index (χ4v) is 0.806. The van der Waals surface area contributed by atoms with Crippen LogP contribution in [0.4, 0.5) is 10.7 Å². The van der Waals surface area contributed by atoms with Crippen LogP contribution in [0.2, 0.25) is 0 Å². The molecule has 0 bridgehead atoms. The van der Waals surface area contributed by atoms with Crippen molar-refractivity contribution in [3.8, 4) is 0 Å². The molecule has 2 N–H and O–H groups in total. The third-order valence-corrected chi connectivity index (χ3v) is 1.46. The Morgan fingerprint density at radius 3 is 2.64 bits per heavy atom. The van der Waals surface area contributed by atoms with Gasteiger partial charge in [0.2, 0.25) is 5.95 Å². The molecular formula is C9H14N4O. The molecule has 0 radical (unpaired) electrons. The van der Waals surface area contributed by atoms with Crippen LogP contribution >= 0.6 is 0 Å². The van der Waals surface area contributed by atoms with E-state index in [9.17, 15) is 4.79 Å². The van der Waals surface area contributed by atoms with E-state index in [0.29, 0.717) is 18.4 Å². The predicted octanol–water partition coefficient (Wildman–Crippen LogP) is 1.25. The number of carbonyl (C=O) groups excluding carboxylic acids is 1. The lowest BCUT2D eigenvalue weighted by Gasteiger charge is -2.07. The van der Waals surface area contributed by atoms with Crippen LogP contribution in [-0.2, 0) is 0 Å². The van der Waals surface area contributed by atoms with Gasteiger partial charge in [0, 0.05) is 18.9 Å². The summed E-state index contributed by atoms with van der Waals surface area (Å²) in [7, 11) is 0. The third-order valence-electron chi connectivity index (χ3n) is 1.46. The number of rotatable bonds is 3. The molecule has 0 aliphatic carbocycles. The Morgan fingerprint density at radius 2 is 2.07 bits per heavy atom. The number of urea groups is 1. The van der Waals surface area contributed by atoms with Gasteiger partial charge in [-0.1, -0.05) is 13.8 Å². The van der Waals surface area contributed by atoms with Gasteiger partial charge in [-0.25, -0.2) is 14.8 Å². The van der Waals surface area contributed by atoms with Crippen molar-refractivity contribution >= 4 is 12.0 Å². The van der Waals surface area contributed by atoms with Gasteiger partial charge >= 0.3 is 6.03 Å². The Morgan fingerprint density at radius 1 is 1.43 bits per heavy atom. The minimum atomic E-state index is -0.273. The van der Waals surface area contributed by atoms with E-state index >= 15 is 0 Å². The highest BCUT2D eigenvalue weighted by Gasteiger charge is 2.02. The number of nitrogens with zero attached hydrogens (tertiary/aromatic N) is 2. The van der Waals surface area contributed by atoms with Crippen LogP contribution in [0.15, 0.2) is 18.5 Å². The summed E-state index contributed by atoms with van der Waals surface area (Å²) in [5, 5.41) is 5.23. The zero-order valence-electron chi connectivity index (χ0n) is 8.32. The predicted molar refractivity (Wildman–Crippen MR) is 53.9 cm³/mol. The van der Waals surface area contributed by atoms with Crippen molar-refractivity contribution in [2.45, 2.75) is 13.8 Å². The van der Waals surface area contributed by atoms with Crippen molar-refractivity contribution in [2.75, 3.05) is 11.9 Å². The van der Waals surface area contributed by atoms with Crippen molar-refractivity contribution in [3.05, 3.63) is 18.5 Å². The number of anilines is 1. The van der Waals surface area contributed by atoms with Gasteiger partial charge in [0.05, 0.1) is 0 Å². The topological polar surface area (TPSA) is 66.9 Å². The van der Waals surface area contributed by atoms with Gasteiger partial charge in [-0.2, -0.15) is 0 Å². The monoisotopic (exact) mass is 194 g/mol. The van der Waals surface area contributed by atoms with E-state index in [4.69, 9.17) is 0 Å². The first-order valence-corrected chi connectivity index (χ1v) is 4.50. The van der Waals surface area contributed by atoms with Crippen LogP contribution < -0.4 is 10.6 Å². The van der Waals surface area contributed by atoms with Gasteiger partial charge < -0.3 is 5.32 Å². The normalized spacial score (nSPS) is 9.93. The molecule has 0 aromatic carbocycles. The summed E-state index contributed by atoms with van der Waals surface area (Å²) in [6, 6.07) is 1.42. The quantitative estimate of drug-likeness (QED) is 0.761. The molecule has 14 heavy (non-hydrogen) atoms. The molecule has 0 unspecified atom stereocenters. The maximum Gasteiger partial charge on any atom is 0.321 e. The summed E-state index contributed by atoms with van der Waals surface area (Å²) in [6.45, 7) is 4.69. The SMILES string of the molecule is CC(C)CNC(=O)Nc1ncccn1. The number of hydrogen-bond donors (Lipinski definition) is 2. The van der Waals surface area contributed by atoms with Crippen LogP contribution in [0, 0.1) is 5.92 Å². The Hall–Kier alpha value is -1.65. The molecule has 1 heterocycles. The van der Waals surface area contributed by atoms with E-state index in [-0.39, 0.29) is 6.03 Å². The number of carbonyl (C=O) groups is 1. The van der Waals surface area contributed by atoms with Gasteiger partial charge in [-0.05, 0) is 12.0 Å².